The van der Waals surface area contributed by atoms with Crippen LogP contribution in [0.5, 0.6) is 0 Å². The summed E-state index contributed by atoms with van der Waals surface area (Å²) >= 11 is 0. The Kier molecular flexibility index (Phi) is 4.13. The van der Waals surface area contributed by atoms with Crippen LogP contribution in [0.3, 0.4) is 0 Å². The molecule has 1 atom stereocenters. The molecule has 0 aliphatic carbocycles. The summed E-state index contributed by atoms with van der Waals surface area (Å²) in [6.45, 7) is 5.41. The summed E-state index contributed by atoms with van der Waals surface area (Å²) in [7, 11) is 0. The summed E-state index contributed by atoms with van der Waals surface area (Å²) in [5.41, 5.74) is 2.39. The van der Waals surface area contributed by atoms with Crippen LogP contribution in [-0.2, 0) is 6.42 Å². The highest BCUT2D eigenvalue weighted by Crippen LogP contribution is 2.20. The minimum Gasteiger partial charge on any atom is -0.372 e. The molecule has 1 aromatic rings. The van der Waals surface area contributed by atoms with Crippen LogP contribution >= 0.6 is 0 Å². The smallest absolute Gasteiger partial charge is 0.119 e. The third-order valence-corrected chi connectivity index (χ3v) is 3.26. The van der Waals surface area contributed by atoms with Crippen molar-refractivity contribution in [2.24, 2.45) is 0 Å². The van der Waals surface area contributed by atoms with Crippen LogP contribution in [0.15, 0.2) is 36.8 Å². The molecule has 0 N–H and O–H groups in total. The molecule has 1 aliphatic heterocycles. The predicted molar refractivity (Wildman–Crippen MR) is 67.4 cm³/mol. The molecule has 17 heavy (non-hydrogen) atoms. The van der Waals surface area contributed by atoms with Gasteiger partial charge in [-0.25, -0.2) is 4.39 Å². The number of hydrogen-bond donors (Lipinski definition) is 0. The largest absolute Gasteiger partial charge is 0.372 e. The molecule has 0 radical (unpaired) electrons. The maximum atomic E-state index is 13.0. The van der Waals surface area contributed by atoms with E-state index in [2.05, 4.69) is 16.5 Å². The van der Waals surface area contributed by atoms with E-state index in [0.717, 1.165) is 31.5 Å². The van der Waals surface area contributed by atoms with Crippen LogP contribution < -0.4 is 0 Å². The number of likely N-dealkylation sites (tertiary alicyclic amines) is 1. The lowest BCUT2D eigenvalue weighted by atomic mass is 10.1. The number of allylic oxidation sites excluding steroid dienone is 1. The van der Waals surface area contributed by atoms with Crippen molar-refractivity contribution in [1.82, 2.24) is 9.88 Å². The zero-order valence-electron chi connectivity index (χ0n) is 10.1. The number of halogens is 1. The first-order chi connectivity index (χ1) is 8.25. The van der Waals surface area contributed by atoms with Gasteiger partial charge in [-0.05, 0) is 43.4 Å². The lowest BCUT2D eigenvalue weighted by Gasteiger charge is -2.20. The number of rotatable bonds is 5. The molecule has 2 nitrogen and oxygen atoms in total. The second kappa shape index (κ2) is 5.80. The highest BCUT2D eigenvalue weighted by atomic mass is 19.1. The van der Waals surface area contributed by atoms with Crippen LogP contribution in [0.2, 0.25) is 0 Å². The zero-order valence-corrected chi connectivity index (χ0v) is 10.1. The second-order valence-electron chi connectivity index (χ2n) is 4.61. The van der Waals surface area contributed by atoms with Gasteiger partial charge in [-0.2, -0.15) is 0 Å². The summed E-state index contributed by atoms with van der Waals surface area (Å²) < 4.78 is 13.0. The topological polar surface area (TPSA) is 16.1 Å². The average Bonchev–Trinajstić information content (AvgIpc) is 2.77. The Morgan fingerprint density at radius 3 is 2.88 bits per heavy atom. The van der Waals surface area contributed by atoms with Gasteiger partial charge in [0, 0.05) is 31.2 Å². The summed E-state index contributed by atoms with van der Waals surface area (Å²) in [5.74, 6) is 0. The van der Waals surface area contributed by atoms with Gasteiger partial charge >= 0.3 is 0 Å². The first-order valence-electron chi connectivity index (χ1n) is 6.21. The lowest BCUT2D eigenvalue weighted by Crippen LogP contribution is -2.19. The van der Waals surface area contributed by atoms with E-state index in [4.69, 9.17) is 0 Å². The second-order valence-corrected chi connectivity index (χ2v) is 4.61. The lowest BCUT2D eigenvalue weighted by molar-refractivity contribution is 0.319. The number of aromatic nitrogens is 1. The fourth-order valence-corrected chi connectivity index (χ4v) is 2.21. The van der Waals surface area contributed by atoms with E-state index in [1.54, 1.807) is 0 Å². The van der Waals surface area contributed by atoms with Crippen molar-refractivity contribution in [3.8, 4) is 0 Å². The maximum Gasteiger partial charge on any atom is 0.119 e. The molecule has 1 fully saturated rings. The summed E-state index contributed by atoms with van der Waals surface area (Å²) in [5, 5.41) is 0. The normalized spacial score (nSPS) is 19.6. The Bertz CT molecular complexity index is 364. The monoisotopic (exact) mass is 234 g/mol. The molecule has 0 bridgehead atoms. The van der Waals surface area contributed by atoms with Crippen LogP contribution in [-0.4, -0.2) is 29.1 Å². The van der Waals surface area contributed by atoms with Crippen molar-refractivity contribution in [1.29, 1.82) is 0 Å². The summed E-state index contributed by atoms with van der Waals surface area (Å²) in [6, 6.07) is 4.08. The molecule has 1 unspecified atom stereocenters. The summed E-state index contributed by atoms with van der Waals surface area (Å²) in [4.78, 5) is 6.07. The van der Waals surface area contributed by atoms with Crippen molar-refractivity contribution in [2.45, 2.75) is 31.9 Å². The van der Waals surface area contributed by atoms with Gasteiger partial charge in [-0.3, -0.25) is 4.98 Å². The van der Waals surface area contributed by atoms with Crippen LogP contribution in [0.25, 0.3) is 0 Å². The molecule has 2 rings (SSSR count). The van der Waals surface area contributed by atoms with Crippen molar-refractivity contribution in [3.05, 3.63) is 42.4 Å². The number of alkyl halides is 1. The number of nitrogens with zero attached hydrogens (tertiary/aromatic N) is 2. The molecule has 1 saturated heterocycles. The Morgan fingerprint density at radius 2 is 2.24 bits per heavy atom. The minimum atomic E-state index is -0.660. The maximum absolute atomic E-state index is 13.0. The van der Waals surface area contributed by atoms with Gasteiger partial charge in [0.25, 0.3) is 0 Å². The fourth-order valence-electron chi connectivity index (χ4n) is 2.21. The van der Waals surface area contributed by atoms with Crippen molar-refractivity contribution in [3.63, 3.8) is 0 Å². The van der Waals surface area contributed by atoms with E-state index in [-0.39, 0.29) is 0 Å². The zero-order chi connectivity index (χ0) is 12.1. The average molecular weight is 234 g/mol. The summed E-state index contributed by atoms with van der Waals surface area (Å²) in [6.07, 6.45) is 6.69. The van der Waals surface area contributed by atoms with Crippen LogP contribution in [0.4, 0.5) is 4.39 Å². The third kappa shape index (κ3) is 3.55. The standard InChI is InChI=1S/C14H19FN2/c1-12(17-10-7-14(15)11-17)3-2-4-13-5-8-16-9-6-13/h5-6,8-9,14H,1-4,7,10-11H2. The third-order valence-electron chi connectivity index (χ3n) is 3.26. The Hall–Kier alpha value is -1.38. The molecule has 92 valence electrons. The molecular formula is C14H19FN2. The van der Waals surface area contributed by atoms with E-state index in [9.17, 15) is 4.39 Å². The van der Waals surface area contributed by atoms with E-state index < -0.39 is 6.17 Å². The van der Waals surface area contributed by atoms with Gasteiger partial charge < -0.3 is 4.90 Å². The van der Waals surface area contributed by atoms with Gasteiger partial charge in [0.2, 0.25) is 0 Å². The molecule has 0 amide bonds. The molecule has 1 aromatic heterocycles. The Balaban J connectivity index is 1.70. The molecule has 1 aliphatic rings. The quantitative estimate of drug-likeness (QED) is 0.778. The highest BCUT2D eigenvalue weighted by Gasteiger charge is 2.22. The highest BCUT2D eigenvalue weighted by molar-refractivity contribution is 5.10. The predicted octanol–water partition coefficient (Wildman–Crippen LogP) is 2.96. The molecular weight excluding hydrogens is 215 g/mol. The van der Waals surface area contributed by atoms with Crippen molar-refractivity contribution in [2.75, 3.05) is 13.1 Å². The number of hydrogen-bond acceptors (Lipinski definition) is 2. The number of pyridine rings is 1. The Labute approximate surface area is 102 Å². The van der Waals surface area contributed by atoms with Gasteiger partial charge in [0.05, 0.1) is 0 Å². The minimum absolute atomic E-state index is 0.536. The first-order valence-corrected chi connectivity index (χ1v) is 6.21. The SMILES string of the molecule is C=C(CCCc1ccncc1)N1CCC(F)C1. The van der Waals surface area contributed by atoms with E-state index in [0.29, 0.717) is 13.0 Å². The molecule has 0 saturated carbocycles. The van der Waals surface area contributed by atoms with E-state index in [1.807, 2.05) is 24.5 Å². The van der Waals surface area contributed by atoms with Crippen molar-refractivity contribution < 1.29 is 4.39 Å². The van der Waals surface area contributed by atoms with Gasteiger partial charge in [-0.15, -0.1) is 0 Å². The van der Waals surface area contributed by atoms with Crippen LogP contribution in [0.1, 0.15) is 24.8 Å². The molecule has 2 heterocycles. The number of aryl methyl sites for hydroxylation is 1. The van der Waals surface area contributed by atoms with E-state index in [1.165, 1.54) is 5.56 Å². The molecule has 0 spiro atoms. The Morgan fingerprint density at radius 1 is 1.47 bits per heavy atom. The first kappa shape index (κ1) is 12.1. The van der Waals surface area contributed by atoms with Gasteiger partial charge in [0.15, 0.2) is 0 Å². The molecule has 0 aromatic carbocycles. The van der Waals surface area contributed by atoms with Gasteiger partial charge in [0.1, 0.15) is 6.17 Å². The van der Waals surface area contributed by atoms with Crippen molar-refractivity contribution >= 4 is 0 Å². The fraction of sp³-hybridized carbons (Fsp3) is 0.500. The van der Waals surface area contributed by atoms with Crippen LogP contribution in [0, 0.1) is 0 Å². The van der Waals surface area contributed by atoms with Gasteiger partial charge in [-0.1, -0.05) is 6.58 Å². The molecule has 3 heteroatoms. The van der Waals surface area contributed by atoms with E-state index >= 15 is 0 Å².